The van der Waals surface area contributed by atoms with Crippen molar-refractivity contribution in [2.75, 3.05) is 20.3 Å². The van der Waals surface area contributed by atoms with Crippen molar-refractivity contribution in [1.82, 2.24) is 5.32 Å². The fraction of sp³-hybridized carbons (Fsp3) is 0.714. The summed E-state index contributed by atoms with van der Waals surface area (Å²) in [5, 5.41) is 2.66. The maximum absolute atomic E-state index is 10.9. The number of thiocarbonyl (C=S) groups is 1. The van der Waals surface area contributed by atoms with Crippen molar-refractivity contribution < 1.29 is 9.53 Å². The first-order chi connectivity index (χ1) is 5.66. The van der Waals surface area contributed by atoms with Gasteiger partial charge in [0.15, 0.2) is 0 Å². The molecule has 5 heteroatoms. The van der Waals surface area contributed by atoms with E-state index in [4.69, 9.17) is 10.5 Å². The molecule has 70 valence electrons. The van der Waals surface area contributed by atoms with Gasteiger partial charge in [0.25, 0.3) is 0 Å². The third kappa shape index (κ3) is 7.43. The lowest BCUT2D eigenvalue weighted by Gasteiger charge is -2.02. The molecule has 0 aliphatic carbocycles. The monoisotopic (exact) mass is 190 g/mol. The van der Waals surface area contributed by atoms with Gasteiger partial charge < -0.3 is 15.8 Å². The first-order valence-electron chi connectivity index (χ1n) is 3.70. The van der Waals surface area contributed by atoms with Crippen LogP contribution in [0.2, 0.25) is 0 Å². The second-order valence-corrected chi connectivity index (χ2v) is 2.86. The van der Waals surface area contributed by atoms with Gasteiger partial charge in [0.05, 0.1) is 11.4 Å². The predicted molar refractivity (Wildman–Crippen MR) is 50.9 cm³/mol. The van der Waals surface area contributed by atoms with Crippen LogP contribution in [0.25, 0.3) is 0 Å². The van der Waals surface area contributed by atoms with Crippen LogP contribution in [0.1, 0.15) is 12.8 Å². The van der Waals surface area contributed by atoms with Crippen molar-refractivity contribution in [2.24, 2.45) is 5.73 Å². The molecule has 0 spiro atoms. The van der Waals surface area contributed by atoms with Gasteiger partial charge in [-0.05, 0) is 6.42 Å². The van der Waals surface area contributed by atoms with Gasteiger partial charge in [-0.3, -0.25) is 4.79 Å². The van der Waals surface area contributed by atoms with E-state index in [0.29, 0.717) is 13.2 Å². The molecule has 0 rings (SSSR count). The molecule has 0 fully saturated rings. The molecular formula is C7H14N2O2S. The molecule has 0 aromatic carbocycles. The molecule has 0 aliphatic rings. The summed E-state index contributed by atoms with van der Waals surface area (Å²) in [4.78, 5) is 11.1. The standard InChI is InChI=1S/C7H14N2O2S/c1-11-4-2-3-9-7(10)5-6(8)12/h2-5H2,1H3,(H2,8,12)(H,9,10). The summed E-state index contributed by atoms with van der Waals surface area (Å²) >= 11 is 4.57. The number of rotatable bonds is 6. The minimum absolute atomic E-state index is 0.126. The number of amides is 1. The molecule has 0 radical (unpaired) electrons. The maximum Gasteiger partial charge on any atom is 0.226 e. The van der Waals surface area contributed by atoms with E-state index in [9.17, 15) is 4.79 Å². The third-order valence-corrected chi connectivity index (χ3v) is 1.33. The smallest absolute Gasteiger partial charge is 0.226 e. The van der Waals surface area contributed by atoms with Gasteiger partial charge in [0.1, 0.15) is 0 Å². The Kier molecular flexibility index (Phi) is 6.60. The summed E-state index contributed by atoms with van der Waals surface area (Å²) in [7, 11) is 1.62. The number of carbonyl (C=O) groups is 1. The lowest BCUT2D eigenvalue weighted by molar-refractivity contribution is -0.119. The van der Waals surface area contributed by atoms with Crippen LogP contribution in [0.4, 0.5) is 0 Å². The molecule has 0 saturated heterocycles. The lowest BCUT2D eigenvalue weighted by Crippen LogP contribution is -2.28. The molecule has 0 unspecified atom stereocenters. The number of ether oxygens (including phenoxy) is 1. The molecule has 0 saturated carbocycles. The summed E-state index contributed by atoms with van der Waals surface area (Å²) in [6.45, 7) is 1.25. The summed E-state index contributed by atoms with van der Waals surface area (Å²) in [6.07, 6.45) is 0.932. The second kappa shape index (κ2) is 7.00. The third-order valence-electron chi connectivity index (χ3n) is 1.18. The van der Waals surface area contributed by atoms with E-state index in [0.717, 1.165) is 6.42 Å². The number of nitrogens with one attached hydrogen (secondary N) is 1. The van der Waals surface area contributed by atoms with Crippen LogP contribution in [0.3, 0.4) is 0 Å². The van der Waals surface area contributed by atoms with Crippen LogP contribution in [0, 0.1) is 0 Å². The zero-order chi connectivity index (χ0) is 9.40. The van der Waals surface area contributed by atoms with Gasteiger partial charge in [-0.2, -0.15) is 0 Å². The van der Waals surface area contributed by atoms with Crippen LogP contribution in [0.15, 0.2) is 0 Å². The van der Waals surface area contributed by atoms with Crippen molar-refractivity contribution >= 4 is 23.1 Å². The molecule has 4 nitrogen and oxygen atoms in total. The Hall–Kier alpha value is -0.680. The van der Waals surface area contributed by atoms with Crippen LogP contribution in [-0.2, 0) is 9.53 Å². The largest absolute Gasteiger partial charge is 0.393 e. The summed E-state index contributed by atoms with van der Waals surface area (Å²) in [6, 6.07) is 0. The molecule has 0 aliphatic heterocycles. The van der Waals surface area contributed by atoms with Crippen molar-refractivity contribution in [3.63, 3.8) is 0 Å². The van der Waals surface area contributed by atoms with E-state index in [1.54, 1.807) is 7.11 Å². The number of methoxy groups -OCH3 is 1. The van der Waals surface area contributed by atoms with Crippen molar-refractivity contribution in [2.45, 2.75) is 12.8 Å². The molecule has 0 aromatic heterocycles. The van der Waals surface area contributed by atoms with Crippen molar-refractivity contribution in [3.05, 3.63) is 0 Å². The summed E-state index contributed by atoms with van der Waals surface area (Å²) < 4.78 is 4.80. The lowest BCUT2D eigenvalue weighted by atomic mass is 10.4. The maximum atomic E-state index is 10.9. The number of hydrogen-bond donors (Lipinski definition) is 2. The van der Waals surface area contributed by atoms with E-state index < -0.39 is 0 Å². The van der Waals surface area contributed by atoms with E-state index in [1.165, 1.54) is 0 Å². The molecule has 1 amide bonds. The summed E-state index contributed by atoms with van der Waals surface area (Å²) in [5.41, 5.74) is 5.17. The van der Waals surface area contributed by atoms with E-state index in [-0.39, 0.29) is 17.3 Å². The van der Waals surface area contributed by atoms with Gasteiger partial charge in [-0.15, -0.1) is 0 Å². The number of carbonyl (C=O) groups excluding carboxylic acids is 1. The Balaban J connectivity index is 3.26. The minimum Gasteiger partial charge on any atom is -0.393 e. The van der Waals surface area contributed by atoms with Gasteiger partial charge in [-0.1, -0.05) is 12.2 Å². The van der Waals surface area contributed by atoms with E-state index in [2.05, 4.69) is 17.5 Å². The first-order valence-corrected chi connectivity index (χ1v) is 4.11. The fourth-order valence-electron chi connectivity index (χ4n) is 0.665. The van der Waals surface area contributed by atoms with Crippen LogP contribution >= 0.6 is 12.2 Å². The summed E-state index contributed by atoms with van der Waals surface area (Å²) in [5.74, 6) is -0.126. The van der Waals surface area contributed by atoms with Gasteiger partial charge in [0, 0.05) is 20.3 Å². The topological polar surface area (TPSA) is 64.3 Å². The fourth-order valence-corrected chi connectivity index (χ4v) is 0.796. The van der Waals surface area contributed by atoms with E-state index in [1.807, 2.05) is 0 Å². The van der Waals surface area contributed by atoms with Gasteiger partial charge >= 0.3 is 0 Å². The molecule has 0 heterocycles. The minimum atomic E-state index is -0.126. The van der Waals surface area contributed by atoms with Crippen molar-refractivity contribution in [1.29, 1.82) is 0 Å². The Morgan fingerprint density at radius 1 is 1.67 bits per heavy atom. The van der Waals surface area contributed by atoms with Gasteiger partial charge in [0.2, 0.25) is 5.91 Å². The molecule has 0 bridgehead atoms. The quantitative estimate of drug-likeness (QED) is 0.450. The predicted octanol–water partition coefficient (Wildman–Crippen LogP) is -0.185. The second-order valence-electron chi connectivity index (χ2n) is 2.34. The Morgan fingerprint density at radius 2 is 2.33 bits per heavy atom. The van der Waals surface area contributed by atoms with Crippen LogP contribution in [0.5, 0.6) is 0 Å². The molecule has 0 atom stereocenters. The van der Waals surface area contributed by atoms with Crippen LogP contribution < -0.4 is 11.1 Å². The highest BCUT2D eigenvalue weighted by Gasteiger charge is 2.00. The Bertz CT molecular complexity index is 161. The zero-order valence-electron chi connectivity index (χ0n) is 7.13. The average Bonchev–Trinajstić information content (AvgIpc) is 1.97. The molecular weight excluding hydrogens is 176 g/mol. The first kappa shape index (κ1) is 11.3. The molecule has 0 aromatic rings. The Labute approximate surface area is 77.5 Å². The SMILES string of the molecule is COCCCNC(=O)CC(N)=S. The van der Waals surface area contributed by atoms with E-state index >= 15 is 0 Å². The normalized spacial score (nSPS) is 9.42. The Morgan fingerprint density at radius 3 is 2.83 bits per heavy atom. The molecule has 12 heavy (non-hydrogen) atoms. The molecule has 3 N–H and O–H groups in total. The number of hydrogen-bond acceptors (Lipinski definition) is 3. The van der Waals surface area contributed by atoms with Crippen LogP contribution in [-0.4, -0.2) is 31.2 Å². The zero-order valence-corrected chi connectivity index (χ0v) is 7.95. The number of nitrogens with two attached hydrogens (primary N) is 1. The van der Waals surface area contributed by atoms with Gasteiger partial charge in [-0.25, -0.2) is 0 Å². The highest BCUT2D eigenvalue weighted by molar-refractivity contribution is 7.80. The highest BCUT2D eigenvalue weighted by atomic mass is 32.1. The highest BCUT2D eigenvalue weighted by Crippen LogP contribution is 1.82. The average molecular weight is 190 g/mol. The van der Waals surface area contributed by atoms with Crippen molar-refractivity contribution in [3.8, 4) is 0 Å².